The molecule has 653 valence electrons. The van der Waals surface area contributed by atoms with Gasteiger partial charge in [-0.05, 0) is 307 Å². The number of aromatic nitrogens is 6. The minimum Gasteiger partial charge on any atom is -0.397 e. The molecule has 2 unspecified atom stereocenters. The summed E-state index contributed by atoms with van der Waals surface area (Å²) < 4.78 is 6.30. The van der Waals surface area contributed by atoms with Gasteiger partial charge in [-0.3, -0.25) is 24.5 Å². The molecule has 21 aromatic rings. The number of halogens is 7. The van der Waals surface area contributed by atoms with Gasteiger partial charge in [0.1, 0.15) is 27.4 Å². The number of nitrogens with two attached hydrogens (primary N) is 1. The molecule has 23 rings (SSSR count). The second-order valence-corrected chi connectivity index (χ2v) is 37.1. The molecule has 2 aliphatic carbocycles. The number of nitrogen functional groups attached to an aromatic ring is 1. The third-order valence-electron chi connectivity index (χ3n) is 22.4. The number of carbonyl (C=O) groups is 2. The lowest BCUT2D eigenvalue weighted by Crippen LogP contribution is -2.44. The van der Waals surface area contributed by atoms with Crippen LogP contribution in [0.5, 0.6) is 0 Å². The summed E-state index contributed by atoms with van der Waals surface area (Å²) in [6.07, 6.45) is 15.5. The van der Waals surface area contributed by atoms with Crippen LogP contribution in [0.2, 0.25) is 0 Å². The zero-order chi connectivity index (χ0) is 91.2. The number of nitrogens with one attached hydrogen (secondary N) is 2. The Balaban J connectivity index is 0.000000130. The van der Waals surface area contributed by atoms with Crippen LogP contribution in [0.15, 0.2) is 457 Å². The van der Waals surface area contributed by atoms with Gasteiger partial charge in [0.15, 0.2) is 11.6 Å². The lowest BCUT2D eigenvalue weighted by Gasteiger charge is -2.45. The lowest BCUT2D eigenvalue weighted by molar-refractivity contribution is 0.0748. The van der Waals surface area contributed by atoms with E-state index in [0.717, 1.165) is 87.1 Å². The highest BCUT2D eigenvalue weighted by Crippen LogP contribution is 2.55. The number of aliphatic hydroxyl groups is 2. The van der Waals surface area contributed by atoms with Gasteiger partial charge in [0.2, 0.25) is 0 Å². The van der Waals surface area contributed by atoms with Gasteiger partial charge < -0.3 is 26.6 Å². The normalized spacial score (nSPS) is 13.4. The van der Waals surface area contributed by atoms with Crippen molar-refractivity contribution in [3.8, 4) is 22.3 Å². The van der Waals surface area contributed by atoms with Crippen molar-refractivity contribution in [3.05, 3.63) is 513 Å². The zero-order valence-corrected chi connectivity index (χ0v) is 81.7. The molecule has 2 aliphatic rings. The lowest BCUT2D eigenvalue weighted by atomic mass is 9.63. The van der Waals surface area contributed by atoms with Gasteiger partial charge in [-0.15, -0.1) is 0 Å². The largest absolute Gasteiger partial charge is 0.397 e. The van der Waals surface area contributed by atoms with Gasteiger partial charge in [-0.25, -0.2) is 15.0 Å². The van der Waals surface area contributed by atoms with E-state index in [1.165, 1.54) is 65.3 Å². The third kappa shape index (κ3) is 21.5. The monoisotopic (exact) mass is 2190 g/mol. The average Bonchev–Trinajstić information content (AvgIpc) is 0.685. The molecular weight excluding hydrogens is 2120 g/mol. The van der Waals surface area contributed by atoms with E-state index in [1.54, 1.807) is 104 Å². The number of fused-ring (bicyclic) bond motifs is 10. The molecule has 13 nitrogen and oxygen atoms in total. The first-order valence-electron chi connectivity index (χ1n) is 41.7. The molecule has 6 heterocycles. The number of nitrogens with zero attached hydrogens (tertiary/aromatic N) is 6. The number of ketones is 2. The van der Waals surface area contributed by atoms with Crippen molar-refractivity contribution < 1.29 is 19.8 Å². The van der Waals surface area contributed by atoms with Crippen molar-refractivity contribution in [1.82, 2.24) is 29.9 Å². The van der Waals surface area contributed by atoms with Crippen molar-refractivity contribution in [3.63, 3.8) is 0 Å². The van der Waals surface area contributed by atoms with Crippen LogP contribution in [0.25, 0.3) is 86.9 Å². The van der Waals surface area contributed by atoms with Crippen LogP contribution in [0.4, 0.5) is 28.7 Å². The Morgan fingerprint density at radius 2 is 0.619 bits per heavy atom. The van der Waals surface area contributed by atoms with E-state index in [2.05, 4.69) is 298 Å². The quantitative estimate of drug-likeness (QED) is 0.0547. The van der Waals surface area contributed by atoms with Crippen LogP contribution < -0.4 is 16.4 Å². The molecule has 0 spiro atoms. The van der Waals surface area contributed by atoms with Crippen molar-refractivity contribution >= 4 is 225 Å². The molecular formula is C113H80BBr7N9O4. The second kappa shape index (κ2) is 43.7. The van der Waals surface area contributed by atoms with Crippen LogP contribution >= 0.6 is 112 Å². The Labute approximate surface area is 836 Å². The van der Waals surface area contributed by atoms with Crippen molar-refractivity contribution in [1.29, 1.82) is 0 Å². The highest BCUT2D eigenvalue weighted by molar-refractivity contribution is 9.11. The molecule has 0 bridgehead atoms. The Morgan fingerprint density at radius 3 is 0.963 bits per heavy atom. The molecule has 2 atom stereocenters. The maximum Gasteiger partial charge on any atom is 0.194 e. The number of carbonyl (C=O) groups excluding carboxylic acids is 2. The molecule has 21 heteroatoms. The van der Waals surface area contributed by atoms with E-state index >= 15 is 0 Å². The summed E-state index contributed by atoms with van der Waals surface area (Å²) in [6.45, 7) is 0. The van der Waals surface area contributed by atoms with Crippen molar-refractivity contribution in [2.24, 2.45) is 0 Å². The van der Waals surface area contributed by atoms with Crippen molar-refractivity contribution in [2.75, 3.05) is 16.4 Å². The summed E-state index contributed by atoms with van der Waals surface area (Å²) in [5.74, 6) is 1.45. The Bertz CT molecular complexity index is 7270. The van der Waals surface area contributed by atoms with Crippen LogP contribution in [0.1, 0.15) is 72.7 Å². The standard InChI is InChI=1S/C34H22Br2O2.C34H20Br2.C14H6Br2O2.2C10H9N3.C5H4BrN.C5H6N2.CH4.B/c35-27-14-16-30-31(19-27)33(37,25-11-9-21-5-1-3-7-23(21)17-25)29-15-13-28(36)20-32(29)34(30,38)26-12-10-22-6-2-4-8-24(22)18-26;35-27-14-16-30-31(19-27)33(25-11-9-21-5-1-3-7-23(21)17-25)29-15-13-28(36)20-32(29)34(30)26-12-10-22-6-2-4-8-24(22)18-26;15-7-1-3-9-11(5-7)14(18)10-4-2-8(16)6-12(10)13(9)17;2*1-2-7-12-10(5-1)13-9-4-3-6-11-8-9;6-5-3-1-2-4-7-5;6-5-2-1-3-7-4-5;;/h1-20,37-38H;1-20H;1-6H;2*1-8H,(H,12,13);1-4H;1-4H,6H2;1H4;. The molecule has 134 heavy (non-hydrogen) atoms. The molecule has 15 aromatic carbocycles. The minimum atomic E-state index is -1.48. The molecule has 0 aliphatic heterocycles. The number of benzene rings is 15. The van der Waals surface area contributed by atoms with E-state index in [1.807, 2.05) is 176 Å². The van der Waals surface area contributed by atoms with Gasteiger partial charge >= 0.3 is 0 Å². The predicted molar refractivity (Wildman–Crippen MR) is 575 cm³/mol. The first-order valence-corrected chi connectivity index (χ1v) is 47.3. The van der Waals surface area contributed by atoms with Gasteiger partial charge in [-0.2, -0.15) is 0 Å². The Hall–Kier alpha value is -13.2. The Kier molecular flexibility index (Phi) is 31.1. The first-order chi connectivity index (χ1) is 64.3. The fourth-order valence-corrected chi connectivity index (χ4v) is 18.8. The van der Waals surface area contributed by atoms with Crippen LogP contribution in [0.3, 0.4) is 0 Å². The maximum absolute atomic E-state index is 12.8. The molecule has 0 saturated carbocycles. The van der Waals surface area contributed by atoms with E-state index in [-0.39, 0.29) is 27.4 Å². The number of pyridine rings is 6. The van der Waals surface area contributed by atoms with E-state index in [9.17, 15) is 19.8 Å². The number of hydrogen-bond acceptors (Lipinski definition) is 13. The highest BCUT2D eigenvalue weighted by Gasteiger charge is 2.51. The summed E-state index contributed by atoms with van der Waals surface area (Å²) in [5.41, 5.74) is 15.9. The molecule has 0 saturated heterocycles. The summed E-state index contributed by atoms with van der Waals surface area (Å²) >= 11 is 24.6. The van der Waals surface area contributed by atoms with Gasteiger partial charge in [0.05, 0.1) is 29.5 Å². The second-order valence-electron chi connectivity index (χ2n) is 30.8. The topological polar surface area (TPSA) is 202 Å². The van der Waals surface area contributed by atoms with Gasteiger partial charge in [0.25, 0.3) is 0 Å². The highest BCUT2D eigenvalue weighted by atomic mass is 79.9. The average molecular weight is 2200 g/mol. The maximum atomic E-state index is 12.8. The van der Waals surface area contributed by atoms with Crippen LogP contribution in [0, 0.1) is 0 Å². The first kappa shape index (κ1) is 95.5. The number of anilines is 5. The smallest absolute Gasteiger partial charge is 0.194 e. The molecule has 0 fully saturated rings. The predicted octanol–water partition coefficient (Wildman–Crippen LogP) is 30.7. The fourth-order valence-electron chi connectivity index (χ4n) is 16.3. The molecule has 0 amide bonds. The number of hydrogen-bond donors (Lipinski definition) is 5. The van der Waals surface area contributed by atoms with Crippen LogP contribution in [-0.2, 0) is 11.2 Å². The summed E-state index contributed by atoms with van der Waals surface area (Å²) in [4.78, 5) is 48.6. The van der Waals surface area contributed by atoms with Gasteiger partial charge in [-0.1, -0.05) is 291 Å². The summed E-state index contributed by atoms with van der Waals surface area (Å²) in [5, 5.41) is 46.2. The SMILES string of the molecule is Brc1ccc2c(-c3ccc4ccccc4c3)c3cc(Br)ccc3c(-c3ccc4ccccc4c3)c2c1.Brc1ccccn1.C.Nc1cccnc1.O=C1c2ccc(Br)cc2C(=O)c2ccc(Br)cc21.OC1(c2ccc3ccccc3c2)c2ccc(Br)cc2C(O)(c2ccc3ccccc3c2)c2ccc(Br)cc21.[B].c1ccc(Nc2cccnc2)nc1.c1ccc(Nc2cccnc2)nc1. The Morgan fingerprint density at radius 1 is 0.276 bits per heavy atom. The summed E-state index contributed by atoms with van der Waals surface area (Å²) in [7, 11) is 0. The van der Waals surface area contributed by atoms with E-state index in [4.69, 9.17) is 5.73 Å². The third-order valence-corrected chi connectivity index (χ3v) is 25.9. The van der Waals surface area contributed by atoms with E-state index < -0.39 is 11.2 Å². The molecule has 6 aromatic heterocycles. The number of rotatable bonds is 8. The molecule has 6 N–H and O–H groups in total. The summed E-state index contributed by atoms with van der Waals surface area (Å²) in [6, 6.07) is 123. The van der Waals surface area contributed by atoms with Crippen LogP contribution in [-0.4, -0.2) is 60.1 Å². The van der Waals surface area contributed by atoms with Crippen molar-refractivity contribution in [2.45, 2.75) is 18.6 Å². The zero-order valence-electron chi connectivity index (χ0n) is 70.6. The molecule has 3 radical (unpaired) electrons. The van der Waals surface area contributed by atoms with E-state index in [0.29, 0.717) is 50.2 Å². The van der Waals surface area contributed by atoms with Gasteiger partial charge in [0, 0.05) is 112 Å². The minimum absolute atomic E-state index is 0. The fraction of sp³-hybridized carbons (Fsp3) is 0.0265.